The van der Waals surface area contributed by atoms with Crippen molar-refractivity contribution in [2.75, 3.05) is 36.4 Å². The Labute approximate surface area is 204 Å². The number of likely N-dealkylation sites (N-methyl/N-ethyl adjacent to an activating group) is 1. The molecular weight excluding hydrogens is 511 g/mol. The molecule has 3 aromatic rings. The van der Waals surface area contributed by atoms with E-state index < -0.39 is 12.1 Å². The van der Waals surface area contributed by atoms with Gasteiger partial charge in [-0.3, -0.25) is 9.59 Å². The predicted octanol–water partition coefficient (Wildman–Crippen LogP) is 6.09. The standard InChI is InChI=1S/C25H25BrF3N3O2/c1-3-31(4-2)15-16-32(24(34)25(27,28)29)22-14-13-21(19-7-5-6-8-20(19)22)30-23(33)17-9-11-18(26)12-10-17/h5-14H,3-4,15-16H2,1-2H3,(H,30,33). The number of fused-ring (bicyclic) bond motifs is 1. The molecule has 0 aromatic heterocycles. The van der Waals surface area contributed by atoms with Gasteiger partial charge in [0.25, 0.3) is 5.91 Å². The number of carbonyl (C=O) groups excluding carboxylic acids is 2. The van der Waals surface area contributed by atoms with Crippen LogP contribution in [0.1, 0.15) is 24.2 Å². The molecule has 34 heavy (non-hydrogen) atoms. The molecule has 0 aliphatic carbocycles. The average Bonchev–Trinajstić information content (AvgIpc) is 2.82. The van der Waals surface area contributed by atoms with Crippen LogP contribution in [0.3, 0.4) is 0 Å². The Morgan fingerprint density at radius 2 is 1.50 bits per heavy atom. The minimum Gasteiger partial charge on any atom is -0.321 e. The third-order valence-electron chi connectivity index (χ3n) is 5.57. The van der Waals surface area contributed by atoms with Gasteiger partial charge in [0.15, 0.2) is 0 Å². The van der Waals surface area contributed by atoms with Gasteiger partial charge in [-0.1, -0.05) is 54.0 Å². The zero-order valence-corrected chi connectivity index (χ0v) is 20.4. The summed E-state index contributed by atoms with van der Waals surface area (Å²) in [4.78, 5) is 27.8. The first-order valence-corrected chi connectivity index (χ1v) is 11.6. The molecule has 0 bridgehead atoms. The van der Waals surface area contributed by atoms with Crippen LogP contribution in [0.2, 0.25) is 0 Å². The molecular formula is C25H25BrF3N3O2. The molecule has 9 heteroatoms. The summed E-state index contributed by atoms with van der Waals surface area (Å²) >= 11 is 3.32. The molecule has 0 radical (unpaired) electrons. The van der Waals surface area contributed by atoms with Crippen LogP contribution in [0.4, 0.5) is 24.5 Å². The highest BCUT2D eigenvalue weighted by Gasteiger charge is 2.43. The van der Waals surface area contributed by atoms with Gasteiger partial charge in [-0.05, 0) is 49.5 Å². The first kappa shape index (κ1) is 25.7. The topological polar surface area (TPSA) is 52.6 Å². The van der Waals surface area contributed by atoms with Crippen LogP contribution in [0.15, 0.2) is 65.1 Å². The molecule has 0 aliphatic rings. The number of nitrogens with one attached hydrogen (secondary N) is 1. The van der Waals surface area contributed by atoms with Crippen molar-refractivity contribution in [2.45, 2.75) is 20.0 Å². The van der Waals surface area contributed by atoms with Crippen molar-refractivity contribution in [3.8, 4) is 0 Å². The Morgan fingerprint density at radius 1 is 0.882 bits per heavy atom. The van der Waals surface area contributed by atoms with Gasteiger partial charge in [0.05, 0.1) is 5.69 Å². The number of anilines is 2. The molecule has 0 saturated carbocycles. The molecule has 0 atom stereocenters. The summed E-state index contributed by atoms with van der Waals surface area (Å²) in [6.07, 6.45) is -5.02. The lowest BCUT2D eigenvalue weighted by Gasteiger charge is -2.28. The molecule has 3 aromatic carbocycles. The van der Waals surface area contributed by atoms with Gasteiger partial charge in [0.1, 0.15) is 0 Å². The van der Waals surface area contributed by atoms with E-state index in [9.17, 15) is 22.8 Å². The first-order valence-electron chi connectivity index (χ1n) is 10.8. The van der Waals surface area contributed by atoms with Crippen molar-refractivity contribution in [2.24, 2.45) is 0 Å². The van der Waals surface area contributed by atoms with E-state index in [1.54, 1.807) is 48.5 Å². The second kappa shape index (κ2) is 11.0. The van der Waals surface area contributed by atoms with E-state index in [0.29, 0.717) is 41.7 Å². The summed E-state index contributed by atoms with van der Waals surface area (Å²) in [5, 5.41) is 3.80. The molecule has 0 unspecified atom stereocenters. The zero-order chi connectivity index (χ0) is 24.9. The van der Waals surface area contributed by atoms with E-state index in [-0.39, 0.29) is 18.1 Å². The Bertz CT molecular complexity index is 1160. The fourth-order valence-electron chi connectivity index (χ4n) is 3.69. The molecule has 0 spiro atoms. The van der Waals surface area contributed by atoms with E-state index >= 15 is 0 Å². The maximum absolute atomic E-state index is 13.5. The van der Waals surface area contributed by atoms with Gasteiger partial charge < -0.3 is 15.1 Å². The third kappa shape index (κ3) is 5.95. The fraction of sp³-hybridized carbons (Fsp3) is 0.280. The number of alkyl halides is 3. The number of nitrogens with zero attached hydrogens (tertiary/aromatic N) is 2. The van der Waals surface area contributed by atoms with Crippen molar-refractivity contribution in [3.05, 3.63) is 70.7 Å². The minimum absolute atomic E-state index is 0.116. The quantitative estimate of drug-likeness (QED) is 0.379. The van der Waals surface area contributed by atoms with Gasteiger partial charge in [-0.25, -0.2) is 0 Å². The number of hydrogen-bond acceptors (Lipinski definition) is 3. The molecule has 0 heterocycles. The molecule has 0 fully saturated rings. The van der Waals surface area contributed by atoms with Crippen LogP contribution in [0, 0.1) is 0 Å². The van der Waals surface area contributed by atoms with Crippen LogP contribution >= 0.6 is 15.9 Å². The van der Waals surface area contributed by atoms with Crippen molar-refractivity contribution < 1.29 is 22.8 Å². The highest BCUT2D eigenvalue weighted by atomic mass is 79.9. The molecule has 3 rings (SSSR count). The van der Waals surface area contributed by atoms with E-state index in [1.807, 2.05) is 18.7 Å². The van der Waals surface area contributed by atoms with Crippen LogP contribution in [-0.4, -0.2) is 49.1 Å². The number of rotatable bonds is 8. The van der Waals surface area contributed by atoms with Crippen LogP contribution in [0.25, 0.3) is 10.8 Å². The van der Waals surface area contributed by atoms with Gasteiger partial charge in [-0.2, -0.15) is 13.2 Å². The number of benzene rings is 3. The summed E-state index contributed by atoms with van der Waals surface area (Å²) in [5.74, 6) is -2.27. The van der Waals surface area contributed by atoms with E-state index in [4.69, 9.17) is 0 Å². The van der Waals surface area contributed by atoms with Gasteiger partial charge in [0.2, 0.25) is 0 Å². The zero-order valence-electron chi connectivity index (χ0n) is 18.8. The number of halogens is 4. The molecule has 0 saturated heterocycles. The summed E-state index contributed by atoms with van der Waals surface area (Å²) < 4.78 is 41.3. The number of carbonyl (C=O) groups is 2. The molecule has 0 aliphatic heterocycles. The average molecular weight is 536 g/mol. The summed E-state index contributed by atoms with van der Waals surface area (Å²) in [6.45, 7) is 5.33. The summed E-state index contributed by atoms with van der Waals surface area (Å²) in [7, 11) is 0. The van der Waals surface area contributed by atoms with Gasteiger partial charge in [-0.15, -0.1) is 0 Å². The Kier molecular flexibility index (Phi) is 8.33. The maximum Gasteiger partial charge on any atom is 0.471 e. The summed E-state index contributed by atoms with van der Waals surface area (Å²) in [5.41, 5.74) is 1.02. The highest BCUT2D eigenvalue weighted by molar-refractivity contribution is 9.10. The summed E-state index contributed by atoms with van der Waals surface area (Å²) in [6, 6.07) is 16.6. The number of amides is 2. The normalized spacial score (nSPS) is 11.6. The van der Waals surface area contributed by atoms with Crippen LogP contribution in [-0.2, 0) is 4.79 Å². The lowest BCUT2D eigenvalue weighted by molar-refractivity contribution is -0.170. The molecule has 5 nitrogen and oxygen atoms in total. The predicted molar refractivity (Wildman–Crippen MR) is 132 cm³/mol. The highest BCUT2D eigenvalue weighted by Crippen LogP contribution is 2.34. The number of hydrogen-bond donors (Lipinski definition) is 1. The van der Waals surface area contributed by atoms with Crippen LogP contribution in [0.5, 0.6) is 0 Å². The monoisotopic (exact) mass is 535 g/mol. The van der Waals surface area contributed by atoms with Crippen molar-refractivity contribution in [3.63, 3.8) is 0 Å². The SMILES string of the molecule is CCN(CC)CCN(C(=O)C(F)(F)F)c1ccc(NC(=O)c2ccc(Br)cc2)c2ccccc12. The third-order valence-corrected chi connectivity index (χ3v) is 6.10. The van der Waals surface area contributed by atoms with Crippen molar-refractivity contribution in [1.29, 1.82) is 0 Å². The smallest absolute Gasteiger partial charge is 0.321 e. The fourth-order valence-corrected chi connectivity index (χ4v) is 3.95. The Hall–Kier alpha value is -2.91. The Morgan fingerprint density at radius 3 is 2.09 bits per heavy atom. The van der Waals surface area contributed by atoms with E-state index in [0.717, 1.165) is 9.37 Å². The second-order valence-corrected chi connectivity index (χ2v) is 8.54. The van der Waals surface area contributed by atoms with Crippen molar-refractivity contribution in [1.82, 2.24) is 4.90 Å². The van der Waals surface area contributed by atoms with Crippen LogP contribution < -0.4 is 10.2 Å². The Balaban J connectivity index is 2.01. The molecule has 180 valence electrons. The van der Waals surface area contributed by atoms with Gasteiger partial charge >= 0.3 is 12.1 Å². The molecule has 2 amide bonds. The lowest BCUT2D eigenvalue weighted by Crippen LogP contribution is -2.45. The second-order valence-electron chi connectivity index (χ2n) is 7.62. The van der Waals surface area contributed by atoms with E-state index in [2.05, 4.69) is 21.2 Å². The lowest BCUT2D eigenvalue weighted by atomic mass is 10.0. The van der Waals surface area contributed by atoms with Gasteiger partial charge in [0, 0.05) is 39.6 Å². The first-order chi connectivity index (χ1) is 16.2. The van der Waals surface area contributed by atoms with Crippen molar-refractivity contribution >= 4 is 49.9 Å². The van der Waals surface area contributed by atoms with E-state index in [1.165, 1.54) is 12.1 Å². The largest absolute Gasteiger partial charge is 0.471 e. The minimum atomic E-state index is -5.02. The maximum atomic E-state index is 13.5. The molecule has 1 N–H and O–H groups in total.